The molecule has 1 atom stereocenters. The number of nitrogens with one attached hydrogen (secondary N) is 1. The van der Waals surface area contributed by atoms with Gasteiger partial charge < -0.3 is 4.74 Å². The maximum atomic E-state index is 12.7. The van der Waals surface area contributed by atoms with Crippen molar-refractivity contribution in [1.29, 1.82) is 0 Å². The molecule has 3 heterocycles. The number of thioether (sulfide) groups is 1. The summed E-state index contributed by atoms with van der Waals surface area (Å²) in [6.07, 6.45) is 1.81. The van der Waals surface area contributed by atoms with Crippen molar-refractivity contribution < 1.29 is 4.74 Å². The van der Waals surface area contributed by atoms with Gasteiger partial charge in [-0.3, -0.25) is 14.6 Å². The van der Waals surface area contributed by atoms with Crippen molar-refractivity contribution in [2.75, 3.05) is 13.2 Å². The zero-order chi connectivity index (χ0) is 16.7. The molecule has 5 nitrogen and oxygen atoms in total. The molecule has 4 rings (SSSR count). The molecule has 7 heteroatoms. The van der Waals surface area contributed by atoms with Gasteiger partial charge in [-0.05, 0) is 37.5 Å². The molecular weight excluding hydrogens is 390 g/mol. The van der Waals surface area contributed by atoms with E-state index < -0.39 is 0 Å². The van der Waals surface area contributed by atoms with Crippen LogP contribution in [0.1, 0.15) is 42.2 Å². The molecule has 0 bridgehead atoms. The van der Waals surface area contributed by atoms with Crippen molar-refractivity contribution in [3.63, 3.8) is 0 Å². The van der Waals surface area contributed by atoms with Crippen molar-refractivity contribution in [2.45, 2.75) is 31.1 Å². The number of aliphatic imine (C=N–C) groups is 1. The molecule has 0 unspecified atom stereocenters. The third-order valence-electron chi connectivity index (χ3n) is 4.46. The normalized spacial score (nSPS) is 21.4. The lowest BCUT2D eigenvalue weighted by atomic mass is 10.1. The maximum Gasteiger partial charge on any atom is 0.271 e. The first-order chi connectivity index (χ1) is 11.6. The average Bonchev–Trinajstić information content (AvgIpc) is 2.91. The van der Waals surface area contributed by atoms with E-state index in [-0.39, 0.29) is 16.9 Å². The van der Waals surface area contributed by atoms with E-state index in [4.69, 9.17) is 9.73 Å². The van der Waals surface area contributed by atoms with Crippen LogP contribution in [0.25, 0.3) is 0 Å². The fraction of sp³-hybridized carbons (Fsp3) is 0.412. The summed E-state index contributed by atoms with van der Waals surface area (Å²) in [5, 5.41) is 3.98. The molecule has 2 aromatic rings. The summed E-state index contributed by atoms with van der Waals surface area (Å²) in [6, 6.07) is 8.39. The van der Waals surface area contributed by atoms with Gasteiger partial charge in [0.05, 0.1) is 21.9 Å². The lowest BCUT2D eigenvalue weighted by molar-refractivity contribution is 0.0666. The van der Waals surface area contributed by atoms with E-state index >= 15 is 0 Å². The van der Waals surface area contributed by atoms with Crippen LogP contribution in [0, 0.1) is 0 Å². The molecule has 0 spiro atoms. The van der Waals surface area contributed by atoms with Crippen molar-refractivity contribution in [1.82, 2.24) is 9.78 Å². The SMILES string of the molecule is CC1=Nc2c(c(=O)[nH]n2C2CCOCC2)[C@H](c2cccc(Br)c2)S1. The predicted octanol–water partition coefficient (Wildman–Crippen LogP) is 4.18. The fourth-order valence-corrected chi connectivity index (χ4v) is 4.83. The van der Waals surface area contributed by atoms with E-state index in [1.807, 2.05) is 23.7 Å². The van der Waals surface area contributed by atoms with Crippen LogP contribution in [-0.4, -0.2) is 28.0 Å². The maximum absolute atomic E-state index is 12.7. The highest BCUT2D eigenvalue weighted by Gasteiger charge is 2.32. The third kappa shape index (κ3) is 2.89. The number of nitrogens with zero attached hydrogens (tertiary/aromatic N) is 2. The zero-order valence-corrected chi connectivity index (χ0v) is 15.7. The van der Waals surface area contributed by atoms with Crippen molar-refractivity contribution in [3.8, 4) is 0 Å². The molecule has 0 aliphatic carbocycles. The number of hydrogen-bond donors (Lipinski definition) is 1. The summed E-state index contributed by atoms with van der Waals surface area (Å²) in [5.74, 6) is 0.785. The van der Waals surface area contributed by atoms with E-state index in [1.165, 1.54) is 0 Å². The van der Waals surface area contributed by atoms with Crippen LogP contribution < -0.4 is 5.56 Å². The number of fused-ring (bicyclic) bond motifs is 1. The molecule has 1 aromatic carbocycles. The topological polar surface area (TPSA) is 59.4 Å². The Kier molecular flexibility index (Phi) is 4.40. The molecule has 1 aromatic heterocycles. The van der Waals surface area contributed by atoms with Crippen LogP contribution in [0.2, 0.25) is 0 Å². The highest BCUT2D eigenvalue weighted by atomic mass is 79.9. The second kappa shape index (κ2) is 6.54. The van der Waals surface area contributed by atoms with Crippen LogP contribution in [-0.2, 0) is 4.74 Å². The largest absolute Gasteiger partial charge is 0.381 e. The summed E-state index contributed by atoms with van der Waals surface area (Å²) in [5.41, 5.74) is 1.83. The number of rotatable bonds is 2. The number of aromatic amines is 1. The van der Waals surface area contributed by atoms with Gasteiger partial charge in [0.15, 0.2) is 5.82 Å². The molecule has 2 aliphatic rings. The number of hydrogen-bond acceptors (Lipinski definition) is 4. The second-order valence-corrected chi connectivity index (χ2v) is 8.29. The van der Waals surface area contributed by atoms with E-state index in [0.717, 1.165) is 52.5 Å². The van der Waals surface area contributed by atoms with Crippen LogP contribution in [0.5, 0.6) is 0 Å². The Morgan fingerprint density at radius 3 is 2.92 bits per heavy atom. The van der Waals surface area contributed by atoms with Crippen LogP contribution >= 0.6 is 27.7 Å². The van der Waals surface area contributed by atoms with Gasteiger partial charge in [-0.2, -0.15) is 0 Å². The van der Waals surface area contributed by atoms with E-state index in [9.17, 15) is 4.79 Å². The molecule has 126 valence electrons. The minimum absolute atomic E-state index is 0.0279. The molecular formula is C17H18BrN3O2S. The highest BCUT2D eigenvalue weighted by molar-refractivity contribution is 9.10. The Bertz CT molecular complexity index is 852. The van der Waals surface area contributed by atoms with Gasteiger partial charge in [-0.1, -0.05) is 39.8 Å². The van der Waals surface area contributed by atoms with Gasteiger partial charge in [0.25, 0.3) is 5.56 Å². The zero-order valence-electron chi connectivity index (χ0n) is 13.3. The van der Waals surface area contributed by atoms with Gasteiger partial charge in [0, 0.05) is 17.7 Å². The van der Waals surface area contributed by atoms with Crippen molar-refractivity contribution >= 4 is 38.6 Å². The molecule has 0 saturated carbocycles. The summed E-state index contributed by atoms with van der Waals surface area (Å²) >= 11 is 5.16. The monoisotopic (exact) mass is 407 g/mol. The van der Waals surface area contributed by atoms with E-state index in [0.29, 0.717) is 0 Å². The summed E-state index contributed by atoms with van der Waals surface area (Å²) in [7, 11) is 0. The number of benzene rings is 1. The van der Waals surface area contributed by atoms with Gasteiger partial charge in [-0.25, -0.2) is 4.99 Å². The van der Waals surface area contributed by atoms with Gasteiger partial charge in [0.2, 0.25) is 0 Å². The van der Waals surface area contributed by atoms with Crippen molar-refractivity contribution in [3.05, 3.63) is 50.2 Å². The first-order valence-electron chi connectivity index (χ1n) is 8.03. The third-order valence-corrected chi connectivity index (χ3v) is 6.13. The van der Waals surface area contributed by atoms with Crippen LogP contribution in [0.3, 0.4) is 0 Å². The quantitative estimate of drug-likeness (QED) is 0.811. The van der Waals surface area contributed by atoms with E-state index in [2.05, 4.69) is 33.2 Å². The highest BCUT2D eigenvalue weighted by Crippen LogP contribution is 2.45. The Morgan fingerprint density at radius 2 is 2.17 bits per heavy atom. The molecule has 2 aliphatic heterocycles. The van der Waals surface area contributed by atoms with Gasteiger partial charge >= 0.3 is 0 Å². The number of aromatic nitrogens is 2. The Hall–Kier alpha value is -1.31. The number of ether oxygens (including phenoxy) is 1. The molecule has 1 N–H and O–H groups in total. The standard InChI is InChI=1S/C17H18BrN3O2S/c1-10-19-16-14(15(24-10)11-3-2-4-12(18)9-11)17(22)20-21(16)13-5-7-23-8-6-13/h2-4,9,13,15H,5-8H2,1H3,(H,20,22)/t15-/m0/s1. The summed E-state index contributed by atoms with van der Waals surface area (Å²) in [6.45, 7) is 3.46. The van der Waals surface area contributed by atoms with Gasteiger partial charge in [-0.15, -0.1) is 0 Å². The Balaban J connectivity index is 1.82. The average molecular weight is 408 g/mol. The van der Waals surface area contributed by atoms with E-state index in [1.54, 1.807) is 11.8 Å². The number of halogens is 1. The second-order valence-electron chi connectivity index (χ2n) is 6.08. The summed E-state index contributed by atoms with van der Waals surface area (Å²) < 4.78 is 8.43. The minimum atomic E-state index is -0.0368. The molecule has 24 heavy (non-hydrogen) atoms. The summed E-state index contributed by atoms with van der Waals surface area (Å²) in [4.78, 5) is 17.4. The predicted molar refractivity (Wildman–Crippen MR) is 100 cm³/mol. The molecule has 0 amide bonds. The Labute approximate surface area is 152 Å². The molecule has 1 fully saturated rings. The lowest BCUT2D eigenvalue weighted by Gasteiger charge is -2.26. The van der Waals surface area contributed by atoms with Crippen molar-refractivity contribution in [2.24, 2.45) is 4.99 Å². The smallest absolute Gasteiger partial charge is 0.271 e. The first kappa shape index (κ1) is 16.2. The van der Waals surface area contributed by atoms with Crippen LogP contribution in [0.4, 0.5) is 5.82 Å². The fourth-order valence-electron chi connectivity index (χ4n) is 3.32. The first-order valence-corrected chi connectivity index (χ1v) is 9.70. The molecule has 1 saturated heterocycles. The van der Waals surface area contributed by atoms with Gasteiger partial charge in [0.1, 0.15) is 0 Å². The van der Waals surface area contributed by atoms with Crippen LogP contribution in [0.15, 0.2) is 38.5 Å². The lowest BCUT2D eigenvalue weighted by Crippen LogP contribution is -2.21. The molecule has 0 radical (unpaired) electrons. The Morgan fingerprint density at radius 1 is 1.38 bits per heavy atom. The number of H-pyrrole nitrogens is 1. The minimum Gasteiger partial charge on any atom is -0.381 e.